The first-order valence-corrected chi connectivity index (χ1v) is 6.40. The summed E-state index contributed by atoms with van der Waals surface area (Å²) >= 11 is 0. The highest BCUT2D eigenvalue weighted by Crippen LogP contribution is 2.28. The van der Waals surface area contributed by atoms with Gasteiger partial charge in [0.25, 0.3) is 0 Å². The number of benzene rings is 1. The van der Waals surface area contributed by atoms with Gasteiger partial charge < -0.3 is 19.5 Å². The van der Waals surface area contributed by atoms with Gasteiger partial charge in [-0.3, -0.25) is 0 Å². The third kappa shape index (κ3) is 5.18. The zero-order valence-electron chi connectivity index (χ0n) is 11.7. The number of carbonyl (C=O) groups is 1. The fourth-order valence-electron chi connectivity index (χ4n) is 1.59. The average Bonchev–Trinajstić information content (AvgIpc) is 2.39. The van der Waals surface area contributed by atoms with Crippen LogP contribution in [0.2, 0.25) is 0 Å². The maximum absolute atomic E-state index is 11.3. The highest BCUT2D eigenvalue weighted by molar-refractivity contribution is 5.71. The number of hydrogen-bond acceptors (Lipinski definition) is 5. The molecule has 0 fully saturated rings. The van der Waals surface area contributed by atoms with E-state index in [0.717, 1.165) is 12.1 Å². The molecule has 0 heterocycles. The van der Waals surface area contributed by atoms with Crippen molar-refractivity contribution < 1.29 is 19.0 Å². The van der Waals surface area contributed by atoms with Crippen LogP contribution in [0.25, 0.3) is 0 Å². The summed E-state index contributed by atoms with van der Waals surface area (Å²) in [6.45, 7) is 5.19. The van der Waals surface area contributed by atoms with Crippen molar-refractivity contribution in [3.05, 3.63) is 23.8 Å². The minimum Gasteiger partial charge on any atom is -0.490 e. The number of ether oxygens (including phenoxy) is 3. The van der Waals surface area contributed by atoms with Gasteiger partial charge in [-0.25, -0.2) is 4.79 Å². The lowest BCUT2D eigenvalue weighted by atomic mass is 10.2. The van der Waals surface area contributed by atoms with Crippen LogP contribution in [0.1, 0.15) is 19.4 Å². The van der Waals surface area contributed by atoms with Gasteiger partial charge in [-0.15, -0.1) is 0 Å². The smallest absolute Gasteiger partial charge is 0.344 e. The van der Waals surface area contributed by atoms with E-state index in [4.69, 9.17) is 14.2 Å². The minimum absolute atomic E-state index is 0.112. The van der Waals surface area contributed by atoms with Crippen LogP contribution < -0.4 is 14.8 Å². The second kappa shape index (κ2) is 8.37. The number of nitrogens with one attached hydrogen (secondary N) is 1. The van der Waals surface area contributed by atoms with Crippen LogP contribution in [0.15, 0.2) is 18.2 Å². The van der Waals surface area contributed by atoms with Gasteiger partial charge in [0.15, 0.2) is 18.1 Å². The lowest BCUT2D eigenvalue weighted by molar-refractivity contribution is -0.145. The normalized spacial score (nSPS) is 10.1. The lowest BCUT2D eigenvalue weighted by Crippen LogP contribution is -2.15. The van der Waals surface area contributed by atoms with Crippen molar-refractivity contribution in [1.29, 1.82) is 0 Å². The Balaban J connectivity index is 2.72. The Kier molecular flexibility index (Phi) is 6.74. The summed E-state index contributed by atoms with van der Waals surface area (Å²) in [5.74, 6) is 0.804. The molecule has 5 heteroatoms. The van der Waals surface area contributed by atoms with E-state index >= 15 is 0 Å². The van der Waals surface area contributed by atoms with Gasteiger partial charge >= 0.3 is 5.97 Å². The van der Waals surface area contributed by atoms with Crippen LogP contribution in [0.4, 0.5) is 0 Å². The van der Waals surface area contributed by atoms with E-state index in [1.165, 1.54) is 0 Å². The first-order chi connectivity index (χ1) is 9.21. The van der Waals surface area contributed by atoms with E-state index in [1.807, 2.05) is 26.1 Å². The molecular weight excluding hydrogens is 246 g/mol. The molecule has 0 aliphatic heterocycles. The fourth-order valence-corrected chi connectivity index (χ4v) is 1.59. The van der Waals surface area contributed by atoms with E-state index in [-0.39, 0.29) is 12.6 Å². The summed E-state index contributed by atoms with van der Waals surface area (Å²) in [5, 5.41) is 3.07. The molecule has 106 valence electrons. The topological polar surface area (TPSA) is 56.8 Å². The minimum atomic E-state index is -0.385. The van der Waals surface area contributed by atoms with Crippen molar-refractivity contribution in [1.82, 2.24) is 5.32 Å². The molecule has 0 aliphatic carbocycles. The van der Waals surface area contributed by atoms with Crippen molar-refractivity contribution in [2.45, 2.75) is 20.4 Å². The predicted octanol–water partition coefficient (Wildman–Crippen LogP) is 1.75. The fraction of sp³-hybridized carbons (Fsp3) is 0.500. The Morgan fingerprint density at radius 3 is 2.58 bits per heavy atom. The predicted molar refractivity (Wildman–Crippen MR) is 72.5 cm³/mol. The van der Waals surface area contributed by atoms with Crippen LogP contribution in [-0.2, 0) is 16.1 Å². The first-order valence-electron chi connectivity index (χ1n) is 6.40. The molecule has 1 N–H and O–H groups in total. The first kappa shape index (κ1) is 15.3. The van der Waals surface area contributed by atoms with E-state index in [9.17, 15) is 4.79 Å². The van der Waals surface area contributed by atoms with Crippen LogP contribution >= 0.6 is 0 Å². The summed E-state index contributed by atoms with van der Waals surface area (Å²) in [6, 6.07) is 5.64. The quantitative estimate of drug-likeness (QED) is 0.727. The molecule has 0 saturated heterocycles. The molecule has 1 aromatic rings. The monoisotopic (exact) mass is 267 g/mol. The second-order valence-electron chi connectivity index (χ2n) is 3.84. The van der Waals surface area contributed by atoms with Gasteiger partial charge in [0.05, 0.1) is 13.2 Å². The zero-order chi connectivity index (χ0) is 14.1. The third-order valence-corrected chi connectivity index (χ3v) is 2.34. The number of hydrogen-bond donors (Lipinski definition) is 1. The maximum atomic E-state index is 11.3. The molecule has 0 saturated carbocycles. The molecule has 0 atom stereocenters. The van der Waals surface area contributed by atoms with Crippen molar-refractivity contribution in [2.24, 2.45) is 0 Å². The molecule has 0 unspecified atom stereocenters. The Morgan fingerprint density at radius 2 is 1.95 bits per heavy atom. The van der Waals surface area contributed by atoms with Gasteiger partial charge in [0.2, 0.25) is 0 Å². The lowest BCUT2D eigenvalue weighted by Gasteiger charge is -2.13. The molecule has 1 rings (SSSR count). The second-order valence-corrected chi connectivity index (χ2v) is 3.84. The van der Waals surface area contributed by atoms with Gasteiger partial charge in [0.1, 0.15) is 0 Å². The summed E-state index contributed by atoms with van der Waals surface area (Å²) in [7, 11) is 1.88. The molecule has 0 aliphatic rings. The largest absolute Gasteiger partial charge is 0.490 e. The Morgan fingerprint density at radius 1 is 1.16 bits per heavy atom. The molecule has 0 bridgehead atoms. The van der Waals surface area contributed by atoms with Crippen LogP contribution in [0, 0.1) is 0 Å². The summed E-state index contributed by atoms with van der Waals surface area (Å²) in [4.78, 5) is 11.3. The van der Waals surface area contributed by atoms with Gasteiger partial charge in [-0.2, -0.15) is 0 Å². The Bertz CT molecular complexity index is 406. The average molecular weight is 267 g/mol. The van der Waals surface area contributed by atoms with Crippen molar-refractivity contribution in [3.63, 3.8) is 0 Å². The zero-order valence-corrected chi connectivity index (χ0v) is 11.7. The van der Waals surface area contributed by atoms with E-state index in [1.54, 1.807) is 13.0 Å². The summed E-state index contributed by atoms with van der Waals surface area (Å²) < 4.78 is 15.7. The number of carbonyl (C=O) groups excluding carboxylic acids is 1. The van der Waals surface area contributed by atoms with E-state index in [0.29, 0.717) is 24.7 Å². The molecule has 1 aromatic carbocycles. The Hall–Kier alpha value is -1.75. The number of esters is 1. The molecule has 0 aromatic heterocycles. The highest BCUT2D eigenvalue weighted by Gasteiger charge is 2.09. The highest BCUT2D eigenvalue weighted by atomic mass is 16.6. The van der Waals surface area contributed by atoms with E-state index in [2.05, 4.69) is 5.32 Å². The third-order valence-electron chi connectivity index (χ3n) is 2.34. The molecule has 0 amide bonds. The van der Waals surface area contributed by atoms with Gasteiger partial charge in [0, 0.05) is 6.54 Å². The van der Waals surface area contributed by atoms with E-state index < -0.39 is 0 Å². The molecule has 0 radical (unpaired) electrons. The van der Waals surface area contributed by atoms with Crippen molar-refractivity contribution in [3.8, 4) is 11.5 Å². The maximum Gasteiger partial charge on any atom is 0.344 e. The number of rotatable bonds is 8. The molecular formula is C14H21NO4. The van der Waals surface area contributed by atoms with Gasteiger partial charge in [-0.1, -0.05) is 6.07 Å². The van der Waals surface area contributed by atoms with Crippen LogP contribution in [-0.4, -0.2) is 32.8 Å². The molecule has 0 spiro atoms. The summed E-state index contributed by atoms with van der Waals surface area (Å²) in [5.41, 5.74) is 1.09. The molecule has 19 heavy (non-hydrogen) atoms. The molecule has 5 nitrogen and oxygen atoms in total. The Labute approximate surface area is 113 Å². The summed E-state index contributed by atoms with van der Waals surface area (Å²) in [6.07, 6.45) is 0. The SMILES string of the molecule is CCOC(=O)COc1ccc(CNC)cc1OCC. The van der Waals surface area contributed by atoms with Crippen LogP contribution in [0.3, 0.4) is 0 Å². The van der Waals surface area contributed by atoms with Crippen molar-refractivity contribution in [2.75, 3.05) is 26.9 Å². The standard InChI is InChI=1S/C14H21NO4/c1-4-17-13-8-11(9-15-3)6-7-12(13)19-10-14(16)18-5-2/h6-8,15H,4-5,9-10H2,1-3H3. The van der Waals surface area contributed by atoms with Crippen molar-refractivity contribution >= 4 is 5.97 Å². The van der Waals surface area contributed by atoms with Gasteiger partial charge in [-0.05, 0) is 38.6 Å². The van der Waals surface area contributed by atoms with Crippen LogP contribution in [0.5, 0.6) is 11.5 Å².